The number of benzene rings is 6. The minimum atomic E-state index is -0.147. The zero-order chi connectivity index (χ0) is 26.1. The van der Waals surface area contributed by atoms with Crippen LogP contribution in [0.5, 0.6) is 11.5 Å². The quantitative estimate of drug-likeness (QED) is 0.230. The second-order valence-corrected chi connectivity index (χ2v) is 11.0. The van der Waals surface area contributed by atoms with E-state index in [1.54, 1.807) is 0 Å². The molecular formula is C37H27NO. The molecular weight excluding hydrogens is 474 g/mol. The molecule has 2 heterocycles. The monoisotopic (exact) mass is 501 g/mol. The minimum absolute atomic E-state index is 0.147. The Hall–Kier alpha value is -4.82. The van der Waals surface area contributed by atoms with Gasteiger partial charge in [-0.3, -0.25) is 0 Å². The molecule has 1 aliphatic rings. The lowest BCUT2D eigenvalue weighted by Gasteiger charge is -2.34. The Kier molecular flexibility index (Phi) is 4.60. The first-order valence-corrected chi connectivity index (χ1v) is 13.5. The summed E-state index contributed by atoms with van der Waals surface area (Å²) >= 11 is 0. The highest BCUT2D eigenvalue weighted by molar-refractivity contribution is 6.21. The van der Waals surface area contributed by atoms with Crippen LogP contribution in [-0.2, 0) is 5.41 Å². The summed E-state index contributed by atoms with van der Waals surface area (Å²) in [5, 5.41) is 5.14. The number of ether oxygens (including phenoxy) is 1. The summed E-state index contributed by atoms with van der Waals surface area (Å²) in [5.74, 6) is 1.89. The number of hydrogen-bond donors (Lipinski definition) is 0. The third-order valence-corrected chi connectivity index (χ3v) is 8.43. The molecule has 7 aromatic rings. The van der Waals surface area contributed by atoms with Crippen LogP contribution in [-0.4, -0.2) is 4.57 Å². The second kappa shape index (κ2) is 8.09. The summed E-state index contributed by atoms with van der Waals surface area (Å²) in [6, 6.07) is 45.8. The molecule has 39 heavy (non-hydrogen) atoms. The highest BCUT2D eigenvalue weighted by atomic mass is 16.5. The highest BCUT2D eigenvalue weighted by Gasteiger charge is 2.34. The van der Waals surface area contributed by atoms with E-state index in [1.165, 1.54) is 54.8 Å². The largest absolute Gasteiger partial charge is 0.457 e. The number of para-hydroxylation sites is 2. The van der Waals surface area contributed by atoms with Gasteiger partial charge in [-0.05, 0) is 64.4 Å². The van der Waals surface area contributed by atoms with E-state index >= 15 is 0 Å². The third-order valence-electron chi connectivity index (χ3n) is 8.43. The predicted octanol–water partition coefficient (Wildman–Crippen LogP) is 10.0. The Bertz CT molecular complexity index is 2080. The van der Waals surface area contributed by atoms with E-state index in [1.807, 2.05) is 6.07 Å². The molecule has 0 radical (unpaired) electrons. The minimum Gasteiger partial charge on any atom is -0.457 e. The number of fused-ring (bicyclic) bond motifs is 7. The molecule has 6 aromatic carbocycles. The number of aromatic nitrogens is 1. The number of hydrogen-bond acceptors (Lipinski definition) is 1. The number of nitrogens with zero attached hydrogens (tertiary/aromatic N) is 1. The highest BCUT2D eigenvalue weighted by Crippen LogP contribution is 2.48. The van der Waals surface area contributed by atoms with Crippen molar-refractivity contribution in [3.05, 3.63) is 139 Å². The molecule has 8 rings (SSSR count). The van der Waals surface area contributed by atoms with Gasteiger partial charge in [0, 0.05) is 33.0 Å². The van der Waals surface area contributed by atoms with Crippen LogP contribution in [0.4, 0.5) is 0 Å². The Morgan fingerprint density at radius 1 is 0.538 bits per heavy atom. The summed E-state index contributed by atoms with van der Waals surface area (Å²) in [4.78, 5) is 0. The van der Waals surface area contributed by atoms with Crippen molar-refractivity contribution in [2.24, 2.45) is 0 Å². The van der Waals surface area contributed by atoms with Gasteiger partial charge in [-0.1, -0.05) is 98.8 Å². The Morgan fingerprint density at radius 3 is 2.21 bits per heavy atom. The predicted molar refractivity (Wildman–Crippen MR) is 162 cm³/mol. The molecule has 0 spiro atoms. The molecule has 0 N–H and O–H groups in total. The Morgan fingerprint density at radius 2 is 1.28 bits per heavy atom. The van der Waals surface area contributed by atoms with E-state index in [0.717, 1.165) is 17.2 Å². The van der Waals surface area contributed by atoms with E-state index in [-0.39, 0.29) is 5.41 Å². The van der Waals surface area contributed by atoms with Gasteiger partial charge in [0.25, 0.3) is 0 Å². The van der Waals surface area contributed by atoms with Crippen LogP contribution >= 0.6 is 0 Å². The zero-order valence-electron chi connectivity index (χ0n) is 22.0. The molecule has 1 aliphatic heterocycles. The Labute approximate surface area is 227 Å². The summed E-state index contributed by atoms with van der Waals surface area (Å²) in [6.07, 6.45) is 0. The van der Waals surface area contributed by atoms with Gasteiger partial charge in [-0.15, -0.1) is 0 Å². The van der Waals surface area contributed by atoms with Crippen LogP contribution < -0.4 is 4.74 Å². The van der Waals surface area contributed by atoms with Crippen molar-refractivity contribution in [2.45, 2.75) is 19.3 Å². The summed E-state index contributed by atoms with van der Waals surface area (Å²) in [5.41, 5.74) is 8.28. The van der Waals surface area contributed by atoms with E-state index in [9.17, 15) is 0 Å². The summed E-state index contributed by atoms with van der Waals surface area (Å²) in [6.45, 7) is 4.58. The van der Waals surface area contributed by atoms with E-state index < -0.39 is 0 Å². The van der Waals surface area contributed by atoms with Crippen LogP contribution in [0.1, 0.15) is 25.0 Å². The zero-order valence-corrected chi connectivity index (χ0v) is 22.0. The van der Waals surface area contributed by atoms with Crippen molar-refractivity contribution in [1.82, 2.24) is 4.57 Å². The standard InChI is InChI=1S/C37H27NO/c1-37(2)30-15-6-8-17-34(30)39-35-21-19-26(23-31(35)37)25-11-9-12-27(22-25)38-32-16-7-5-14-29(32)36-28-13-4-3-10-24(28)18-20-33(36)38/h3-23H,1-2H3. The molecule has 1 aromatic heterocycles. The lowest BCUT2D eigenvalue weighted by molar-refractivity contribution is 0.418. The van der Waals surface area contributed by atoms with Gasteiger partial charge >= 0.3 is 0 Å². The van der Waals surface area contributed by atoms with Crippen LogP contribution in [0.25, 0.3) is 49.4 Å². The molecule has 2 nitrogen and oxygen atoms in total. The molecule has 2 heteroatoms. The van der Waals surface area contributed by atoms with E-state index in [4.69, 9.17) is 4.74 Å². The first kappa shape index (κ1) is 22.2. The summed E-state index contributed by atoms with van der Waals surface area (Å²) < 4.78 is 8.72. The van der Waals surface area contributed by atoms with Crippen molar-refractivity contribution in [2.75, 3.05) is 0 Å². The molecule has 0 atom stereocenters. The molecule has 0 bridgehead atoms. The number of rotatable bonds is 2. The van der Waals surface area contributed by atoms with Crippen molar-refractivity contribution >= 4 is 32.6 Å². The van der Waals surface area contributed by atoms with Gasteiger partial charge < -0.3 is 9.30 Å². The van der Waals surface area contributed by atoms with Gasteiger partial charge in [0.1, 0.15) is 11.5 Å². The maximum atomic E-state index is 6.31. The SMILES string of the molecule is CC1(C)c2ccccc2Oc2ccc(-c3cccc(-n4c5ccccc5c5c6ccccc6ccc54)c3)cc21. The van der Waals surface area contributed by atoms with Crippen molar-refractivity contribution in [3.63, 3.8) is 0 Å². The van der Waals surface area contributed by atoms with Crippen LogP contribution in [0.15, 0.2) is 127 Å². The molecule has 0 fully saturated rings. The average molecular weight is 502 g/mol. The second-order valence-electron chi connectivity index (χ2n) is 11.0. The van der Waals surface area contributed by atoms with Crippen molar-refractivity contribution in [1.29, 1.82) is 0 Å². The molecule has 186 valence electrons. The molecule has 0 amide bonds. The van der Waals surface area contributed by atoms with Crippen molar-refractivity contribution < 1.29 is 4.74 Å². The lowest BCUT2D eigenvalue weighted by Crippen LogP contribution is -2.24. The maximum Gasteiger partial charge on any atom is 0.131 e. The fraction of sp³-hybridized carbons (Fsp3) is 0.0811. The molecule has 0 unspecified atom stereocenters. The molecule has 0 aliphatic carbocycles. The first-order valence-electron chi connectivity index (χ1n) is 13.5. The van der Waals surface area contributed by atoms with E-state index in [2.05, 4.69) is 140 Å². The normalized spacial score (nSPS) is 13.8. The smallest absolute Gasteiger partial charge is 0.131 e. The maximum absolute atomic E-state index is 6.31. The van der Waals surface area contributed by atoms with Gasteiger partial charge in [0.05, 0.1) is 11.0 Å². The molecule has 0 saturated carbocycles. The van der Waals surface area contributed by atoms with Gasteiger partial charge in [0.15, 0.2) is 0 Å². The average Bonchev–Trinajstić information content (AvgIpc) is 3.32. The lowest BCUT2D eigenvalue weighted by atomic mass is 9.75. The Balaban J connectivity index is 1.31. The van der Waals surface area contributed by atoms with Crippen molar-refractivity contribution in [3.8, 4) is 28.3 Å². The fourth-order valence-corrected chi connectivity index (χ4v) is 6.46. The summed E-state index contributed by atoms with van der Waals surface area (Å²) in [7, 11) is 0. The van der Waals surface area contributed by atoms with Crippen LogP contribution in [0, 0.1) is 0 Å². The third kappa shape index (κ3) is 3.21. The van der Waals surface area contributed by atoms with Gasteiger partial charge in [0.2, 0.25) is 0 Å². The molecule has 0 saturated heterocycles. The first-order chi connectivity index (χ1) is 19.1. The van der Waals surface area contributed by atoms with Crippen LogP contribution in [0.2, 0.25) is 0 Å². The van der Waals surface area contributed by atoms with E-state index in [0.29, 0.717) is 0 Å². The van der Waals surface area contributed by atoms with Crippen LogP contribution in [0.3, 0.4) is 0 Å². The fourth-order valence-electron chi connectivity index (χ4n) is 6.46. The van der Waals surface area contributed by atoms with Gasteiger partial charge in [-0.25, -0.2) is 0 Å². The topological polar surface area (TPSA) is 14.2 Å². The van der Waals surface area contributed by atoms with Gasteiger partial charge in [-0.2, -0.15) is 0 Å².